The van der Waals surface area contributed by atoms with Gasteiger partial charge in [0.15, 0.2) is 0 Å². The van der Waals surface area contributed by atoms with Gasteiger partial charge in [-0.05, 0) is 99.8 Å². The van der Waals surface area contributed by atoms with Crippen LogP contribution < -0.4 is 9.46 Å². The Morgan fingerprint density at radius 3 is 2.18 bits per heavy atom. The standard InChI is InChI=1S/C34H43Cl2N3O8S2/c1-23-20-39(24(2)22-40)34(41)31-19-28(37-48(42,43)29-13-8-26(35)9-14-29)12-17-32(31)47-25(3)7-5-6-18-46-33(23)21-38(4)49(44,45)30-15-10-27(36)11-16-30/h8-17,19,23-25,33,37,40H,5-7,18,20-22H2,1-4H3/t23-,24+,25+,33-/m1/s1. The molecule has 11 nitrogen and oxygen atoms in total. The minimum Gasteiger partial charge on any atom is -0.490 e. The number of hydrogen-bond donors (Lipinski definition) is 2. The number of halogens is 2. The highest BCUT2D eigenvalue weighted by atomic mass is 35.5. The number of fused-ring (bicyclic) bond motifs is 1. The lowest BCUT2D eigenvalue weighted by Gasteiger charge is -2.35. The average Bonchev–Trinajstić information content (AvgIpc) is 3.06. The molecular formula is C34H43Cl2N3O8S2. The fourth-order valence-corrected chi connectivity index (χ4v) is 7.90. The lowest BCUT2D eigenvalue weighted by molar-refractivity contribution is -0.00833. The van der Waals surface area contributed by atoms with E-state index in [0.29, 0.717) is 29.5 Å². The van der Waals surface area contributed by atoms with Gasteiger partial charge in [0.25, 0.3) is 15.9 Å². The first-order valence-electron chi connectivity index (χ1n) is 16.0. The summed E-state index contributed by atoms with van der Waals surface area (Å²) < 4.78 is 69.5. The van der Waals surface area contributed by atoms with E-state index < -0.39 is 44.0 Å². The topological polar surface area (TPSA) is 143 Å². The monoisotopic (exact) mass is 755 g/mol. The van der Waals surface area contributed by atoms with Crippen molar-refractivity contribution < 1.29 is 36.2 Å². The Bertz CT molecular complexity index is 1790. The van der Waals surface area contributed by atoms with Gasteiger partial charge < -0.3 is 19.5 Å². The van der Waals surface area contributed by atoms with E-state index in [9.17, 15) is 26.7 Å². The lowest BCUT2D eigenvalue weighted by atomic mass is 10.0. The van der Waals surface area contributed by atoms with Crippen molar-refractivity contribution in [1.82, 2.24) is 9.21 Å². The van der Waals surface area contributed by atoms with Crippen LogP contribution in [0.25, 0.3) is 0 Å². The number of aliphatic hydroxyl groups excluding tert-OH is 1. The smallest absolute Gasteiger partial charge is 0.261 e. The molecule has 268 valence electrons. The zero-order chi connectivity index (χ0) is 35.9. The summed E-state index contributed by atoms with van der Waals surface area (Å²) in [6, 6.07) is 15.5. The Labute approximate surface area is 299 Å². The van der Waals surface area contributed by atoms with Gasteiger partial charge in [-0.2, -0.15) is 4.31 Å². The summed E-state index contributed by atoms with van der Waals surface area (Å²) in [7, 11) is -6.42. The zero-order valence-corrected chi connectivity index (χ0v) is 31.0. The molecule has 1 amide bonds. The summed E-state index contributed by atoms with van der Waals surface area (Å²) in [5.74, 6) is -0.617. The minimum absolute atomic E-state index is 0.00776. The number of amides is 1. The molecule has 3 aromatic carbocycles. The Kier molecular flexibility index (Phi) is 13.4. The van der Waals surface area contributed by atoms with Crippen molar-refractivity contribution in [3.8, 4) is 5.75 Å². The van der Waals surface area contributed by atoms with Gasteiger partial charge in [0.1, 0.15) is 5.75 Å². The van der Waals surface area contributed by atoms with E-state index in [0.717, 1.165) is 6.42 Å². The maximum Gasteiger partial charge on any atom is 0.261 e. The number of benzene rings is 3. The minimum atomic E-state index is -4.02. The van der Waals surface area contributed by atoms with Crippen molar-refractivity contribution in [3.63, 3.8) is 0 Å². The van der Waals surface area contributed by atoms with Gasteiger partial charge in [-0.25, -0.2) is 16.8 Å². The third-order valence-corrected chi connectivity index (χ3v) is 12.1. The Hall–Kier alpha value is -2.91. The van der Waals surface area contributed by atoms with Crippen LogP contribution >= 0.6 is 23.2 Å². The number of ether oxygens (including phenoxy) is 2. The highest BCUT2D eigenvalue weighted by Gasteiger charge is 2.32. The molecule has 4 rings (SSSR count). The molecule has 4 atom stereocenters. The fourth-order valence-electron chi connectivity index (χ4n) is 5.41. The molecule has 0 unspecified atom stereocenters. The van der Waals surface area contributed by atoms with Gasteiger partial charge in [-0.3, -0.25) is 9.52 Å². The van der Waals surface area contributed by atoms with Crippen molar-refractivity contribution >= 4 is 54.8 Å². The SMILES string of the molecule is C[C@@H]1CN([C@@H](C)CO)C(=O)c2cc(NS(=O)(=O)c3ccc(Cl)cc3)ccc2O[C@@H](C)CCCCO[C@@H]1CN(C)S(=O)(=O)c1ccc(Cl)cc1. The first-order valence-corrected chi connectivity index (χ1v) is 19.6. The maximum atomic E-state index is 14.4. The van der Waals surface area contributed by atoms with E-state index in [2.05, 4.69) is 4.72 Å². The van der Waals surface area contributed by atoms with Crippen LogP contribution in [0.1, 0.15) is 50.4 Å². The number of likely N-dealkylation sites (N-methyl/N-ethyl adjacent to an activating group) is 1. The zero-order valence-electron chi connectivity index (χ0n) is 27.9. The van der Waals surface area contributed by atoms with Crippen LogP contribution in [0.3, 0.4) is 0 Å². The second-order valence-corrected chi connectivity index (χ2v) is 16.9. The van der Waals surface area contributed by atoms with Crippen molar-refractivity contribution in [1.29, 1.82) is 0 Å². The molecule has 3 aromatic rings. The fraction of sp³-hybridized carbons (Fsp3) is 0.441. The number of rotatable bonds is 9. The van der Waals surface area contributed by atoms with Crippen LogP contribution in [-0.4, -0.2) is 88.7 Å². The van der Waals surface area contributed by atoms with Gasteiger partial charge in [0, 0.05) is 48.4 Å². The molecule has 0 aromatic heterocycles. The first-order chi connectivity index (χ1) is 23.1. The number of carbonyl (C=O) groups is 1. The Balaban J connectivity index is 1.67. The quantitative estimate of drug-likeness (QED) is 0.275. The Morgan fingerprint density at radius 2 is 1.57 bits per heavy atom. The number of nitrogens with one attached hydrogen (secondary N) is 1. The number of aliphatic hydroxyl groups is 1. The molecule has 1 aliphatic rings. The number of hydrogen-bond acceptors (Lipinski definition) is 8. The number of sulfonamides is 2. The highest BCUT2D eigenvalue weighted by Crippen LogP contribution is 2.30. The summed E-state index contributed by atoms with van der Waals surface area (Å²) in [5.41, 5.74) is 0.243. The molecule has 0 saturated heterocycles. The van der Waals surface area contributed by atoms with Gasteiger partial charge in [-0.1, -0.05) is 30.1 Å². The van der Waals surface area contributed by atoms with E-state index in [-0.39, 0.29) is 52.6 Å². The summed E-state index contributed by atoms with van der Waals surface area (Å²) in [6.07, 6.45) is 1.18. The van der Waals surface area contributed by atoms with E-state index in [1.54, 1.807) is 13.0 Å². The average molecular weight is 757 g/mol. The largest absolute Gasteiger partial charge is 0.490 e. The van der Waals surface area contributed by atoms with Crippen molar-refractivity contribution in [2.45, 2.75) is 68.1 Å². The normalized spacial score (nSPS) is 20.6. The Morgan fingerprint density at radius 1 is 0.959 bits per heavy atom. The van der Waals surface area contributed by atoms with E-state index in [1.807, 2.05) is 13.8 Å². The molecule has 15 heteroatoms. The molecule has 0 fully saturated rings. The molecule has 1 heterocycles. The molecule has 0 radical (unpaired) electrons. The van der Waals surface area contributed by atoms with Gasteiger partial charge in [-0.15, -0.1) is 0 Å². The number of nitrogens with zero attached hydrogens (tertiary/aromatic N) is 2. The molecule has 1 aliphatic heterocycles. The number of carbonyl (C=O) groups excluding carboxylic acids is 1. The van der Waals surface area contributed by atoms with Crippen LogP contribution in [0.4, 0.5) is 5.69 Å². The van der Waals surface area contributed by atoms with Crippen LogP contribution in [0.2, 0.25) is 10.0 Å². The predicted octanol–water partition coefficient (Wildman–Crippen LogP) is 5.91. The maximum absolute atomic E-state index is 14.4. The lowest BCUT2D eigenvalue weighted by Crippen LogP contribution is -2.48. The van der Waals surface area contributed by atoms with E-state index in [4.69, 9.17) is 32.7 Å². The second-order valence-electron chi connectivity index (χ2n) is 12.3. The molecular weight excluding hydrogens is 713 g/mol. The second kappa shape index (κ2) is 16.9. The van der Waals surface area contributed by atoms with E-state index >= 15 is 0 Å². The molecule has 0 aliphatic carbocycles. The highest BCUT2D eigenvalue weighted by molar-refractivity contribution is 7.92. The summed E-state index contributed by atoms with van der Waals surface area (Å²) >= 11 is 11.9. The molecule has 0 bridgehead atoms. The van der Waals surface area contributed by atoms with E-state index in [1.165, 1.54) is 76.9 Å². The van der Waals surface area contributed by atoms with Gasteiger partial charge in [0.2, 0.25) is 10.0 Å². The third-order valence-electron chi connectivity index (χ3n) is 8.39. The van der Waals surface area contributed by atoms with Crippen LogP contribution in [0.15, 0.2) is 76.5 Å². The number of anilines is 1. The summed E-state index contributed by atoms with van der Waals surface area (Å²) in [5, 5.41) is 11.0. The van der Waals surface area contributed by atoms with Crippen molar-refractivity contribution in [3.05, 3.63) is 82.3 Å². The van der Waals surface area contributed by atoms with Crippen molar-refractivity contribution in [2.75, 3.05) is 38.1 Å². The predicted molar refractivity (Wildman–Crippen MR) is 190 cm³/mol. The molecule has 2 N–H and O–H groups in total. The van der Waals surface area contributed by atoms with Crippen LogP contribution in [-0.2, 0) is 24.8 Å². The first kappa shape index (κ1) is 38.9. The van der Waals surface area contributed by atoms with Gasteiger partial charge in [0.05, 0.1) is 40.2 Å². The molecule has 49 heavy (non-hydrogen) atoms. The summed E-state index contributed by atoms with van der Waals surface area (Å²) in [4.78, 5) is 15.9. The van der Waals surface area contributed by atoms with Crippen LogP contribution in [0.5, 0.6) is 5.75 Å². The molecule has 0 spiro atoms. The van der Waals surface area contributed by atoms with Crippen LogP contribution in [0, 0.1) is 5.92 Å². The summed E-state index contributed by atoms with van der Waals surface area (Å²) in [6.45, 7) is 5.55. The molecule has 0 saturated carbocycles. The van der Waals surface area contributed by atoms with Crippen molar-refractivity contribution in [2.24, 2.45) is 5.92 Å². The van der Waals surface area contributed by atoms with Gasteiger partial charge >= 0.3 is 0 Å². The third kappa shape index (κ3) is 10.1.